The molecule has 2 aromatic rings. The lowest BCUT2D eigenvalue weighted by Gasteiger charge is -2.35. The van der Waals surface area contributed by atoms with Crippen molar-refractivity contribution in [1.29, 1.82) is 0 Å². The number of amides is 1. The summed E-state index contributed by atoms with van der Waals surface area (Å²) in [5.74, 6) is -0.525. The highest BCUT2D eigenvalue weighted by Crippen LogP contribution is 2.20. The predicted molar refractivity (Wildman–Crippen MR) is 110 cm³/mol. The molecule has 1 unspecified atom stereocenters. The van der Waals surface area contributed by atoms with Gasteiger partial charge in [-0.1, -0.05) is 42.5 Å². The average Bonchev–Trinajstić information content (AvgIpc) is 2.68. The van der Waals surface area contributed by atoms with Gasteiger partial charge in [-0.3, -0.25) is 9.69 Å². The molecule has 1 aliphatic rings. The molecule has 0 aromatic heterocycles. The minimum atomic E-state index is -3.52. The highest BCUT2D eigenvalue weighted by Gasteiger charge is 2.26. The first-order valence-electron chi connectivity index (χ1n) is 9.57. The van der Waals surface area contributed by atoms with Gasteiger partial charge in [0.15, 0.2) is 0 Å². The summed E-state index contributed by atoms with van der Waals surface area (Å²) in [6.45, 7) is 3.57. The van der Waals surface area contributed by atoms with E-state index in [4.69, 9.17) is 0 Å². The highest BCUT2D eigenvalue weighted by molar-refractivity contribution is 7.88. The van der Waals surface area contributed by atoms with E-state index in [1.54, 1.807) is 4.90 Å². The fraction of sp³-hybridized carbons (Fsp3) is 0.381. The molecule has 0 saturated carbocycles. The summed E-state index contributed by atoms with van der Waals surface area (Å²) in [7, 11) is -3.52. The van der Waals surface area contributed by atoms with E-state index in [0.717, 1.165) is 25.9 Å². The van der Waals surface area contributed by atoms with Gasteiger partial charge < -0.3 is 4.90 Å². The molecule has 6 nitrogen and oxygen atoms in total. The molecular weight excluding hydrogens is 393 g/mol. The number of hydrogen-bond donors (Lipinski definition) is 1. The second-order valence-electron chi connectivity index (χ2n) is 7.34. The number of sulfonamides is 1. The number of carbonyl (C=O) groups excluding carboxylic acids is 1. The highest BCUT2D eigenvalue weighted by atomic mass is 32.2. The molecule has 3 rings (SSSR count). The largest absolute Gasteiger partial charge is 0.340 e. The molecule has 0 radical (unpaired) electrons. The fourth-order valence-corrected chi connectivity index (χ4v) is 4.22. The standard InChI is InChI=1S/C21H26FN3O3S/c1-29(27,28)23-20(18-7-9-19(22)10-8-18)15-21(26)25-13-11-24(12-14-25)16-17-5-3-2-4-6-17/h2-10,20,23H,11-16H2,1H3. The maximum Gasteiger partial charge on any atom is 0.224 e. The lowest BCUT2D eigenvalue weighted by Crippen LogP contribution is -2.49. The number of nitrogens with zero attached hydrogens (tertiary/aromatic N) is 2. The van der Waals surface area contributed by atoms with Crippen molar-refractivity contribution in [3.63, 3.8) is 0 Å². The number of rotatable bonds is 7. The molecule has 156 valence electrons. The van der Waals surface area contributed by atoms with Gasteiger partial charge in [-0.25, -0.2) is 17.5 Å². The van der Waals surface area contributed by atoms with Gasteiger partial charge in [-0.2, -0.15) is 0 Å². The second-order valence-corrected chi connectivity index (χ2v) is 9.12. The Balaban J connectivity index is 1.59. The Hall–Kier alpha value is -2.29. The zero-order valence-corrected chi connectivity index (χ0v) is 17.2. The van der Waals surface area contributed by atoms with E-state index < -0.39 is 21.9 Å². The van der Waals surface area contributed by atoms with Crippen molar-refractivity contribution in [2.75, 3.05) is 32.4 Å². The van der Waals surface area contributed by atoms with Crippen LogP contribution in [-0.2, 0) is 21.4 Å². The van der Waals surface area contributed by atoms with Crippen molar-refractivity contribution >= 4 is 15.9 Å². The van der Waals surface area contributed by atoms with Gasteiger partial charge in [-0.05, 0) is 23.3 Å². The summed E-state index contributed by atoms with van der Waals surface area (Å²) in [6.07, 6.45) is 1.05. The van der Waals surface area contributed by atoms with Crippen LogP contribution in [0.3, 0.4) is 0 Å². The SMILES string of the molecule is CS(=O)(=O)NC(CC(=O)N1CCN(Cc2ccccc2)CC1)c1ccc(F)cc1. The Morgan fingerprint density at radius 1 is 1.03 bits per heavy atom. The summed E-state index contributed by atoms with van der Waals surface area (Å²) in [5, 5.41) is 0. The van der Waals surface area contributed by atoms with E-state index >= 15 is 0 Å². The Kier molecular flexibility index (Phi) is 7.00. The molecule has 1 N–H and O–H groups in total. The van der Waals surface area contributed by atoms with Gasteiger partial charge in [-0.15, -0.1) is 0 Å². The van der Waals surface area contributed by atoms with Gasteiger partial charge >= 0.3 is 0 Å². The quantitative estimate of drug-likeness (QED) is 0.747. The summed E-state index contributed by atoms with van der Waals surface area (Å²) in [4.78, 5) is 16.9. The molecule has 8 heteroatoms. The van der Waals surface area contributed by atoms with Gasteiger partial charge in [0, 0.05) is 39.1 Å². The van der Waals surface area contributed by atoms with E-state index in [2.05, 4.69) is 21.8 Å². The van der Waals surface area contributed by atoms with Crippen LogP contribution in [0.15, 0.2) is 54.6 Å². The summed E-state index contributed by atoms with van der Waals surface area (Å²) in [5.41, 5.74) is 1.80. The van der Waals surface area contributed by atoms with Crippen molar-refractivity contribution in [2.45, 2.75) is 19.0 Å². The first-order valence-corrected chi connectivity index (χ1v) is 11.5. The van der Waals surface area contributed by atoms with Crippen molar-refractivity contribution in [1.82, 2.24) is 14.5 Å². The summed E-state index contributed by atoms with van der Waals surface area (Å²) >= 11 is 0. The molecule has 1 atom stereocenters. The van der Waals surface area contributed by atoms with Crippen LogP contribution in [0.25, 0.3) is 0 Å². The number of nitrogens with one attached hydrogen (secondary N) is 1. The predicted octanol–water partition coefficient (Wildman–Crippen LogP) is 2.15. The molecule has 1 fully saturated rings. The first-order chi connectivity index (χ1) is 13.8. The van der Waals surface area contributed by atoms with Gasteiger partial charge in [0.2, 0.25) is 15.9 Å². The van der Waals surface area contributed by atoms with Gasteiger partial charge in [0.1, 0.15) is 5.82 Å². The lowest BCUT2D eigenvalue weighted by molar-refractivity contribution is -0.133. The van der Waals surface area contributed by atoms with Crippen LogP contribution in [0.2, 0.25) is 0 Å². The normalized spacial score (nSPS) is 16.6. The van der Waals surface area contributed by atoms with Crippen LogP contribution in [-0.4, -0.2) is 56.6 Å². The van der Waals surface area contributed by atoms with Crippen molar-refractivity contribution in [2.24, 2.45) is 0 Å². The Bertz CT molecular complexity index is 912. The Labute approximate surface area is 171 Å². The summed E-state index contributed by atoms with van der Waals surface area (Å²) in [6, 6.07) is 15.0. The third-order valence-corrected chi connectivity index (χ3v) is 5.69. The second kappa shape index (κ2) is 9.47. The molecule has 1 amide bonds. The molecule has 0 spiro atoms. The summed E-state index contributed by atoms with van der Waals surface area (Å²) < 4.78 is 39.2. The molecule has 0 bridgehead atoms. The van der Waals surface area contributed by atoms with Crippen LogP contribution < -0.4 is 4.72 Å². The van der Waals surface area contributed by atoms with Crippen LogP contribution in [0.4, 0.5) is 4.39 Å². The number of hydrogen-bond acceptors (Lipinski definition) is 4. The maximum absolute atomic E-state index is 13.2. The van der Waals surface area contributed by atoms with Crippen molar-refractivity contribution in [3.8, 4) is 0 Å². The smallest absolute Gasteiger partial charge is 0.224 e. The lowest BCUT2D eigenvalue weighted by atomic mass is 10.0. The third-order valence-electron chi connectivity index (χ3n) is 4.98. The minimum absolute atomic E-state index is 0.00259. The van der Waals surface area contributed by atoms with Gasteiger partial charge in [0.05, 0.1) is 12.3 Å². The molecule has 29 heavy (non-hydrogen) atoms. The fourth-order valence-electron chi connectivity index (χ4n) is 3.48. The molecule has 2 aromatic carbocycles. The Morgan fingerprint density at radius 3 is 2.24 bits per heavy atom. The van der Waals surface area contributed by atoms with Crippen molar-refractivity contribution < 1.29 is 17.6 Å². The zero-order chi connectivity index (χ0) is 20.9. The Morgan fingerprint density at radius 2 is 1.66 bits per heavy atom. The molecule has 0 aliphatic carbocycles. The van der Waals surface area contributed by atoms with E-state index in [-0.39, 0.29) is 12.3 Å². The number of piperazine rings is 1. The van der Waals surface area contributed by atoms with Crippen LogP contribution in [0.5, 0.6) is 0 Å². The van der Waals surface area contributed by atoms with E-state index in [9.17, 15) is 17.6 Å². The van der Waals surface area contributed by atoms with Crippen molar-refractivity contribution in [3.05, 3.63) is 71.5 Å². The van der Waals surface area contributed by atoms with Crippen LogP contribution in [0.1, 0.15) is 23.6 Å². The molecular formula is C21H26FN3O3S. The molecule has 1 heterocycles. The first kappa shape index (κ1) is 21.4. The monoisotopic (exact) mass is 419 g/mol. The van der Waals surface area contributed by atoms with Gasteiger partial charge in [0.25, 0.3) is 0 Å². The average molecular weight is 420 g/mol. The third kappa shape index (κ3) is 6.62. The minimum Gasteiger partial charge on any atom is -0.340 e. The zero-order valence-electron chi connectivity index (χ0n) is 16.4. The van der Waals surface area contributed by atoms with E-state index in [1.807, 2.05) is 18.2 Å². The van der Waals surface area contributed by atoms with Crippen LogP contribution >= 0.6 is 0 Å². The molecule has 1 saturated heterocycles. The van der Waals surface area contributed by atoms with E-state index in [1.165, 1.54) is 29.8 Å². The number of carbonyl (C=O) groups is 1. The molecule has 1 aliphatic heterocycles. The van der Waals surface area contributed by atoms with E-state index in [0.29, 0.717) is 18.7 Å². The number of benzene rings is 2. The topological polar surface area (TPSA) is 69.7 Å². The number of halogens is 1. The maximum atomic E-state index is 13.2. The van der Waals surface area contributed by atoms with Crippen LogP contribution in [0, 0.1) is 5.82 Å².